The van der Waals surface area contributed by atoms with Gasteiger partial charge >= 0.3 is 0 Å². The summed E-state index contributed by atoms with van der Waals surface area (Å²) in [4.78, 5) is 23.5. The zero-order chi connectivity index (χ0) is 32.5. The zero-order valence-corrected chi connectivity index (χ0v) is 30.5. The van der Waals surface area contributed by atoms with Crippen molar-refractivity contribution in [2.45, 2.75) is 122 Å². The third kappa shape index (κ3) is 34.8. The van der Waals surface area contributed by atoms with Gasteiger partial charge in [0.25, 0.3) is 15.6 Å². The van der Waals surface area contributed by atoms with Crippen LogP contribution in [0.2, 0.25) is 0 Å². The molecule has 43 heavy (non-hydrogen) atoms. The van der Waals surface area contributed by atoms with Gasteiger partial charge in [-0.2, -0.15) is 0 Å². The van der Waals surface area contributed by atoms with Crippen LogP contribution in [-0.4, -0.2) is 90.8 Å². The SMILES string of the molecule is C[N+](C)(C)CCOP(=O)([O-])OCCCCCCCCCCCCCCCCCCCCCOP(=O)([O-])OCC[N+](C)(C)C. The highest BCUT2D eigenvalue weighted by Gasteiger charge is 2.14. The first-order chi connectivity index (χ1) is 20.1. The smallest absolute Gasteiger partial charge is 0.268 e. The Morgan fingerprint density at radius 2 is 0.558 bits per heavy atom. The summed E-state index contributed by atoms with van der Waals surface area (Å²) in [5, 5.41) is 0. The second-order valence-electron chi connectivity index (χ2n) is 14.0. The molecular weight excluding hydrogens is 590 g/mol. The van der Waals surface area contributed by atoms with Crippen molar-refractivity contribution in [1.29, 1.82) is 0 Å². The normalized spacial score (nSPS) is 15.4. The number of unbranched alkanes of at least 4 members (excludes halogenated alkanes) is 18. The first-order valence-corrected chi connectivity index (χ1v) is 19.9. The fourth-order valence-electron chi connectivity index (χ4n) is 4.49. The summed E-state index contributed by atoms with van der Waals surface area (Å²) >= 11 is 0. The van der Waals surface area contributed by atoms with Gasteiger partial charge in [-0.15, -0.1) is 0 Å². The number of phosphoric acid groups is 2. The highest BCUT2D eigenvalue weighted by atomic mass is 31.2. The van der Waals surface area contributed by atoms with E-state index < -0.39 is 15.6 Å². The van der Waals surface area contributed by atoms with E-state index in [2.05, 4.69) is 0 Å². The van der Waals surface area contributed by atoms with Crippen molar-refractivity contribution in [2.75, 3.05) is 81.8 Å². The van der Waals surface area contributed by atoms with Crippen LogP contribution in [-0.2, 0) is 27.2 Å². The summed E-state index contributed by atoms with van der Waals surface area (Å²) in [6.45, 7) is 1.96. The predicted molar refractivity (Wildman–Crippen MR) is 173 cm³/mol. The topological polar surface area (TPSA) is 117 Å². The fraction of sp³-hybridized carbons (Fsp3) is 1.00. The third-order valence-corrected chi connectivity index (χ3v) is 9.31. The number of hydrogen-bond donors (Lipinski definition) is 0. The van der Waals surface area contributed by atoms with Gasteiger partial charge in [-0.25, -0.2) is 0 Å². The molecule has 0 N–H and O–H groups in total. The minimum absolute atomic E-state index is 0.151. The van der Waals surface area contributed by atoms with E-state index >= 15 is 0 Å². The van der Waals surface area contributed by atoms with Gasteiger partial charge in [-0.3, -0.25) is 9.13 Å². The molecule has 260 valence electrons. The van der Waals surface area contributed by atoms with Gasteiger partial charge < -0.3 is 36.8 Å². The maximum Gasteiger partial charge on any atom is 0.268 e. The summed E-state index contributed by atoms with van der Waals surface area (Å²) in [6, 6.07) is 0. The van der Waals surface area contributed by atoms with Crippen LogP contribution >= 0.6 is 15.6 Å². The Balaban J connectivity index is 3.32. The second-order valence-corrected chi connectivity index (χ2v) is 16.8. The molecule has 0 fully saturated rings. The van der Waals surface area contributed by atoms with Crippen LogP contribution < -0.4 is 9.79 Å². The molecule has 0 heterocycles. The van der Waals surface area contributed by atoms with Crippen molar-refractivity contribution in [1.82, 2.24) is 0 Å². The summed E-state index contributed by atoms with van der Waals surface area (Å²) in [5.74, 6) is 0. The van der Waals surface area contributed by atoms with E-state index in [4.69, 9.17) is 18.1 Å². The highest BCUT2D eigenvalue weighted by molar-refractivity contribution is 7.46. The lowest BCUT2D eigenvalue weighted by atomic mass is 10.0. The first-order valence-electron chi connectivity index (χ1n) is 16.9. The molecule has 0 amide bonds. The minimum atomic E-state index is -4.17. The zero-order valence-electron chi connectivity index (χ0n) is 28.7. The lowest BCUT2D eigenvalue weighted by Gasteiger charge is -2.27. The Bertz CT molecular complexity index is 684. The molecule has 12 heteroatoms. The average molecular weight is 659 g/mol. The number of nitrogens with zero attached hydrogens (tertiary/aromatic N) is 2. The Morgan fingerprint density at radius 1 is 0.372 bits per heavy atom. The number of rotatable bonds is 32. The van der Waals surface area contributed by atoms with E-state index in [0.717, 1.165) is 38.5 Å². The second kappa shape index (κ2) is 25.3. The summed E-state index contributed by atoms with van der Waals surface area (Å²) < 4.78 is 44.5. The number of quaternary nitrogens is 2. The molecule has 0 aliphatic heterocycles. The molecule has 0 aromatic heterocycles. The van der Waals surface area contributed by atoms with Crippen molar-refractivity contribution >= 4 is 15.6 Å². The molecule has 0 rings (SSSR count). The molecule has 0 spiro atoms. The molecule has 0 aliphatic rings. The standard InChI is InChI=1S/C31H68N2O8P2/c1-32(2,3)26-30-40-42(34,35)38-28-24-22-20-18-16-14-12-10-8-7-9-11-13-15-17-19-21-23-25-29-39-43(36,37)41-31-27-33(4,5)6/h7-31H2,1-6H3. The van der Waals surface area contributed by atoms with Gasteiger partial charge in [0.15, 0.2) is 0 Å². The molecule has 0 radical (unpaired) electrons. The van der Waals surface area contributed by atoms with Gasteiger partial charge in [0.05, 0.1) is 55.5 Å². The van der Waals surface area contributed by atoms with E-state index in [0.29, 0.717) is 22.1 Å². The fourth-order valence-corrected chi connectivity index (χ4v) is 5.95. The van der Waals surface area contributed by atoms with E-state index in [9.17, 15) is 18.9 Å². The molecule has 2 unspecified atom stereocenters. The van der Waals surface area contributed by atoms with E-state index in [-0.39, 0.29) is 26.4 Å². The number of hydrogen-bond acceptors (Lipinski definition) is 8. The van der Waals surface area contributed by atoms with Crippen molar-refractivity contribution < 1.29 is 46.0 Å². The van der Waals surface area contributed by atoms with Crippen LogP contribution in [0.3, 0.4) is 0 Å². The Hall–Kier alpha value is 0.140. The summed E-state index contributed by atoms with van der Waals surface area (Å²) in [7, 11) is 3.60. The van der Waals surface area contributed by atoms with Crippen LogP contribution in [0.4, 0.5) is 0 Å². The van der Waals surface area contributed by atoms with Gasteiger partial charge in [0.2, 0.25) is 0 Å². The van der Waals surface area contributed by atoms with E-state index in [1.54, 1.807) is 0 Å². The number of phosphoric ester groups is 2. The van der Waals surface area contributed by atoms with Crippen LogP contribution in [0, 0.1) is 0 Å². The predicted octanol–water partition coefficient (Wildman–Crippen LogP) is 6.81. The lowest BCUT2D eigenvalue weighted by molar-refractivity contribution is -0.870. The molecule has 2 atom stereocenters. The van der Waals surface area contributed by atoms with E-state index in [1.165, 1.54) is 83.5 Å². The molecule has 0 saturated carbocycles. The Labute approximate surface area is 265 Å². The monoisotopic (exact) mass is 658 g/mol. The molecule has 0 bridgehead atoms. The average Bonchev–Trinajstić information content (AvgIpc) is 2.87. The van der Waals surface area contributed by atoms with Crippen LogP contribution in [0.5, 0.6) is 0 Å². The molecule has 0 aromatic carbocycles. The van der Waals surface area contributed by atoms with Crippen LogP contribution in [0.1, 0.15) is 122 Å². The number of likely N-dealkylation sites (N-methyl/N-ethyl adjacent to an activating group) is 2. The summed E-state index contributed by atoms with van der Waals surface area (Å²) in [5.41, 5.74) is 0. The third-order valence-electron chi connectivity index (χ3n) is 7.31. The van der Waals surface area contributed by atoms with Crippen LogP contribution in [0.15, 0.2) is 0 Å². The van der Waals surface area contributed by atoms with Crippen LogP contribution in [0.25, 0.3) is 0 Å². The van der Waals surface area contributed by atoms with Gasteiger partial charge in [0.1, 0.15) is 26.3 Å². The molecule has 0 aliphatic carbocycles. The van der Waals surface area contributed by atoms with Gasteiger partial charge in [0, 0.05) is 0 Å². The lowest BCUT2D eigenvalue weighted by Crippen LogP contribution is -2.37. The molecular formula is C31H68N2O8P2. The Kier molecular flexibility index (Phi) is 25.3. The molecule has 0 saturated heterocycles. The quantitative estimate of drug-likeness (QED) is 0.0440. The largest absolute Gasteiger partial charge is 0.756 e. The van der Waals surface area contributed by atoms with Crippen molar-refractivity contribution in [2.24, 2.45) is 0 Å². The Morgan fingerprint density at radius 3 is 0.767 bits per heavy atom. The first kappa shape index (κ1) is 43.1. The maximum atomic E-state index is 11.7. The maximum absolute atomic E-state index is 11.7. The van der Waals surface area contributed by atoms with E-state index in [1.807, 2.05) is 42.3 Å². The van der Waals surface area contributed by atoms with Crippen molar-refractivity contribution in [3.63, 3.8) is 0 Å². The highest BCUT2D eigenvalue weighted by Crippen LogP contribution is 2.39. The van der Waals surface area contributed by atoms with Gasteiger partial charge in [-0.05, 0) is 12.8 Å². The van der Waals surface area contributed by atoms with Gasteiger partial charge in [-0.1, -0.05) is 109 Å². The van der Waals surface area contributed by atoms with Crippen molar-refractivity contribution in [3.05, 3.63) is 0 Å². The molecule has 0 aromatic rings. The summed E-state index contributed by atoms with van der Waals surface area (Å²) in [6.07, 6.45) is 22.5. The van der Waals surface area contributed by atoms with Crippen molar-refractivity contribution in [3.8, 4) is 0 Å². The minimum Gasteiger partial charge on any atom is -0.756 e. The molecule has 10 nitrogen and oxygen atoms in total.